The third-order valence-electron chi connectivity index (χ3n) is 8.20. The Morgan fingerprint density at radius 1 is 0.800 bits per heavy atom. The van der Waals surface area contributed by atoms with Crippen molar-refractivity contribution in [3.63, 3.8) is 0 Å². The fourth-order valence-electron chi connectivity index (χ4n) is 5.91. The summed E-state index contributed by atoms with van der Waals surface area (Å²) in [5.74, 6) is 1.35. The molecule has 0 spiro atoms. The van der Waals surface area contributed by atoms with Crippen LogP contribution in [0.25, 0.3) is 11.3 Å². The maximum absolute atomic E-state index is 6.16. The Balaban J connectivity index is 1.18. The van der Waals surface area contributed by atoms with Gasteiger partial charge in [0.25, 0.3) is 0 Å². The van der Waals surface area contributed by atoms with E-state index in [-0.39, 0.29) is 0 Å². The van der Waals surface area contributed by atoms with Gasteiger partial charge < -0.3 is 10.1 Å². The van der Waals surface area contributed by atoms with Crippen molar-refractivity contribution in [2.45, 2.75) is 50.8 Å². The molecule has 0 radical (unpaired) electrons. The average Bonchev–Trinajstić information content (AvgIpc) is 3.45. The normalized spacial score (nSPS) is 17.2. The summed E-state index contributed by atoms with van der Waals surface area (Å²) in [5.41, 5.74) is 6.01. The molecule has 3 aromatic carbocycles. The predicted molar refractivity (Wildman–Crippen MR) is 163 cm³/mol. The summed E-state index contributed by atoms with van der Waals surface area (Å²) >= 11 is 12.2. The highest BCUT2D eigenvalue weighted by Gasteiger charge is 2.26. The summed E-state index contributed by atoms with van der Waals surface area (Å²) < 4.78 is 8.38. The van der Waals surface area contributed by atoms with E-state index in [1.165, 1.54) is 22.5 Å². The second-order valence-corrected chi connectivity index (χ2v) is 11.8. The molecule has 208 valence electrons. The van der Waals surface area contributed by atoms with E-state index in [0.717, 1.165) is 69.7 Å². The SMILES string of the molecule is Clc1ccc(COc2ccc(-c3cc(C4CCNCC4)nn3C3CCN(Cc4ccccc4)CC3)cc2)cc1Cl. The van der Waals surface area contributed by atoms with Crippen molar-refractivity contribution in [1.82, 2.24) is 20.0 Å². The van der Waals surface area contributed by atoms with E-state index in [0.29, 0.717) is 28.6 Å². The standard InChI is InChI=1S/C33H36Cl2N4O/c34-30-11-6-25(20-31(30)35)23-40-29-9-7-27(8-10-29)33-21-32(26-12-16-36-17-13-26)37-39(33)28-14-18-38(19-15-28)22-24-4-2-1-3-5-24/h1-11,20-21,26,28,36H,12-19,22-23H2. The first-order valence-electron chi connectivity index (χ1n) is 14.4. The molecule has 6 rings (SSSR count). The van der Waals surface area contributed by atoms with Crippen molar-refractivity contribution in [3.8, 4) is 17.0 Å². The molecule has 2 fully saturated rings. The molecule has 1 aromatic heterocycles. The van der Waals surface area contributed by atoms with Gasteiger partial charge in [-0.2, -0.15) is 5.10 Å². The van der Waals surface area contributed by atoms with E-state index in [2.05, 4.69) is 75.6 Å². The van der Waals surface area contributed by atoms with Crippen LogP contribution in [0.5, 0.6) is 5.75 Å². The lowest BCUT2D eigenvalue weighted by molar-refractivity contribution is 0.173. The number of rotatable bonds is 8. The molecule has 3 heterocycles. The molecule has 0 unspecified atom stereocenters. The number of nitrogens with one attached hydrogen (secondary N) is 1. The summed E-state index contributed by atoms with van der Waals surface area (Å²) in [6.07, 6.45) is 4.51. The lowest BCUT2D eigenvalue weighted by atomic mass is 9.94. The zero-order valence-electron chi connectivity index (χ0n) is 22.7. The minimum atomic E-state index is 0.406. The monoisotopic (exact) mass is 574 g/mol. The van der Waals surface area contributed by atoms with Crippen LogP contribution in [0, 0.1) is 0 Å². The molecule has 5 nitrogen and oxygen atoms in total. The summed E-state index contributed by atoms with van der Waals surface area (Å²) in [4.78, 5) is 2.57. The van der Waals surface area contributed by atoms with E-state index < -0.39 is 0 Å². The molecule has 40 heavy (non-hydrogen) atoms. The Labute approximate surface area is 247 Å². The Kier molecular flexibility index (Phi) is 8.74. The summed E-state index contributed by atoms with van der Waals surface area (Å²) in [6, 6.07) is 27.6. The van der Waals surface area contributed by atoms with Gasteiger partial charge in [-0.1, -0.05) is 59.6 Å². The Morgan fingerprint density at radius 3 is 2.27 bits per heavy atom. The third kappa shape index (κ3) is 6.55. The number of benzene rings is 3. The summed E-state index contributed by atoms with van der Waals surface area (Å²) in [5, 5.41) is 9.86. The zero-order valence-corrected chi connectivity index (χ0v) is 24.2. The second-order valence-electron chi connectivity index (χ2n) is 11.0. The van der Waals surface area contributed by atoms with Crippen LogP contribution in [0.3, 0.4) is 0 Å². The van der Waals surface area contributed by atoms with E-state index in [9.17, 15) is 0 Å². The second kappa shape index (κ2) is 12.8. The summed E-state index contributed by atoms with van der Waals surface area (Å²) in [6.45, 7) is 5.76. The van der Waals surface area contributed by atoms with Gasteiger partial charge in [0.1, 0.15) is 12.4 Å². The Morgan fingerprint density at radius 2 is 1.55 bits per heavy atom. The number of nitrogens with zero attached hydrogens (tertiary/aromatic N) is 3. The summed E-state index contributed by atoms with van der Waals surface area (Å²) in [7, 11) is 0. The molecule has 1 N–H and O–H groups in total. The molecule has 2 aliphatic heterocycles. The molecule has 0 atom stereocenters. The van der Waals surface area contributed by atoms with E-state index in [1.807, 2.05) is 12.1 Å². The van der Waals surface area contributed by atoms with Gasteiger partial charge in [0.15, 0.2) is 0 Å². The van der Waals surface area contributed by atoms with Crippen LogP contribution in [-0.2, 0) is 13.2 Å². The van der Waals surface area contributed by atoms with Crippen LogP contribution < -0.4 is 10.1 Å². The fourth-order valence-corrected chi connectivity index (χ4v) is 6.23. The van der Waals surface area contributed by atoms with Crippen LogP contribution in [0.1, 0.15) is 54.5 Å². The minimum absolute atomic E-state index is 0.406. The fraction of sp³-hybridized carbons (Fsp3) is 0.364. The molecular weight excluding hydrogens is 539 g/mol. The van der Waals surface area contributed by atoms with Crippen molar-refractivity contribution in [3.05, 3.63) is 106 Å². The molecule has 0 bridgehead atoms. The topological polar surface area (TPSA) is 42.3 Å². The van der Waals surface area contributed by atoms with Crippen LogP contribution in [0.2, 0.25) is 10.0 Å². The van der Waals surface area contributed by atoms with Gasteiger partial charge >= 0.3 is 0 Å². The van der Waals surface area contributed by atoms with Gasteiger partial charge in [-0.15, -0.1) is 0 Å². The number of piperidine rings is 2. The van der Waals surface area contributed by atoms with Gasteiger partial charge in [-0.3, -0.25) is 9.58 Å². The number of hydrogen-bond donors (Lipinski definition) is 1. The zero-order chi connectivity index (χ0) is 27.3. The first-order chi connectivity index (χ1) is 19.6. The maximum atomic E-state index is 6.16. The van der Waals surface area contributed by atoms with Crippen molar-refractivity contribution in [2.24, 2.45) is 0 Å². The maximum Gasteiger partial charge on any atom is 0.119 e. The number of ether oxygens (including phenoxy) is 1. The molecule has 7 heteroatoms. The first kappa shape index (κ1) is 27.3. The first-order valence-corrected chi connectivity index (χ1v) is 15.1. The molecule has 2 aliphatic rings. The highest BCUT2D eigenvalue weighted by Crippen LogP contribution is 2.34. The Hall–Kier alpha value is -2.83. The number of likely N-dealkylation sites (tertiary alicyclic amines) is 1. The Bertz CT molecular complexity index is 1390. The largest absolute Gasteiger partial charge is 0.489 e. The average molecular weight is 576 g/mol. The van der Waals surface area contributed by atoms with Crippen molar-refractivity contribution in [2.75, 3.05) is 26.2 Å². The van der Waals surface area contributed by atoms with E-state index in [4.69, 9.17) is 33.0 Å². The van der Waals surface area contributed by atoms with Gasteiger partial charge in [-0.25, -0.2) is 0 Å². The smallest absolute Gasteiger partial charge is 0.119 e. The number of aromatic nitrogens is 2. The third-order valence-corrected chi connectivity index (χ3v) is 8.94. The molecule has 0 aliphatic carbocycles. The quantitative estimate of drug-likeness (QED) is 0.233. The van der Waals surface area contributed by atoms with Gasteiger partial charge in [-0.05, 0) is 92.4 Å². The number of hydrogen-bond acceptors (Lipinski definition) is 4. The molecule has 0 saturated carbocycles. The van der Waals surface area contributed by atoms with Crippen molar-refractivity contribution in [1.29, 1.82) is 0 Å². The highest BCUT2D eigenvalue weighted by atomic mass is 35.5. The molecular formula is C33H36Cl2N4O. The molecule has 4 aromatic rings. The van der Waals surface area contributed by atoms with Crippen LogP contribution >= 0.6 is 23.2 Å². The molecule has 2 saturated heterocycles. The number of halogens is 2. The van der Waals surface area contributed by atoms with Crippen LogP contribution in [0.4, 0.5) is 0 Å². The van der Waals surface area contributed by atoms with Gasteiger partial charge in [0, 0.05) is 31.1 Å². The van der Waals surface area contributed by atoms with Crippen LogP contribution in [0.15, 0.2) is 78.9 Å². The minimum Gasteiger partial charge on any atom is -0.489 e. The van der Waals surface area contributed by atoms with E-state index >= 15 is 0 Å². The molecule has 0 amide bonds. The van der Waals surface area contributed by atoms with E-state index in [1.54, 1.807) is 6.07 Å². The highest BCUT2D eigenvalue weighted by molar-refractivity contribution is 6.42. The van der Waals surface area contributed by atoms with Crippen molar-refractivity contribution >= 4 is 23.2 Å². The van der Waals surface area contributed by atoms with Gasteiger partial charge in [0.2, 0.25) is 0 Å². The lowest BCUT2D eigenvalue weighted by Gasteiger charge is -2.33. The van der Waals surface area contributed by atoms with Crippen molar-refractivity contribution < 1.29 is 4.74 Å². The lowest BCUT2D eigenvalue weighted by Crippen LogP contribution is -2.34. The van der Waals surface area contributed by atoms with Gasteiger partial charge in [0.05, 0.1) is 27.5 Å². The predicted octanol–water partition coefficient (Wildman–Crippen LogP) is 7.74. The van der Waals surface area contributed by atoms with Crippen LogP contribution in [-0.4, -0.2) is 40.9 Å².